The van der Waals surface area contributed by atoms with Gasteiger partial charge < -0.3 is 20.3 Å². The third kappa shape index (κ3) is 6.50. The molecule has 0 bridgehead atoms. The molecule has 0 radical (unpaired) electrons. The Morgan fingerprint density at radius 2 is 1.64 bits per heavy atom. The minimum atomic E-state index is 0.0379. The van der Waals surface area contributed by atoms with Crippen LogP contribution in [0.4, 0.5) is 0 Å². The molecule has 0 aliphatic heterocycles. The average molecular weight is 443 g/mol. The Labute approximate surface area is 195 Å². The minimum Gasteiger partial charge on any atom is -0.507 e. The number of nitrogen functional groups attached to an aromatic ring is 1. The molecule has 3 aromatic carbocycles. The van der Waals surface area contributed by atoms with Crippen molar-refractivity contribution in [1.29, 1.82) is 5.41 Å². The van der Waals surface area contributed by atoms with Crippen molar-refractivity contribution in [2.75, 3.05) is 13.2 Å². The van der Waals surface area contributed by atoms with Crippen LogP contribution in [0.25, 0.3) is 11.1 Å². The number of hydrogen-bond donors (Lipinski definition) is 3. The molecule has 0 atom stereocenters. The zero-order valence-electron chi connectivity index (χ0n) is 18.7. The Bertz CT molecular complexity index is 1120. The highest BCUT2D eigenvalue weighted by molar-refractivity contribution is 5.94. The lowest BCUT2D eigenvalue weighted by Gasteiger charge is -2.14. The Hall–Kier alpha value is -3.99. The lowest BCUT2D eigenvalue weighted by atomic mass is 9.97. The van der Waals surface area contributed by atoms with E-state index in [1.165, 1.54) is 0 Å². The van der Waals surface area contributed by atoms with E-state index in [0.29, 0.717) is 31.6 Å². The fourth-order valence-corrected chi connectivity index (χ4v) is 3.47. The van der Waals surface area contributed by atoms with Crippen LogP contribution < -0.4 is 15.2 Å². The topological polar surface area (TPSA) is 88.6 Å². The van der Waals surface area contributed by atoms with Crippen LogP contribution >= 0.6 is 0 Å². The SMILES string of the molecule is C=CCc1ccc(O)c(-c2ccc(OCCCOc3ccc(C(=N)N)cc3)c(CC=C)c2)c1. The van der Waals surface area contributed by atoms with Gasteiger partial charge >= 0.3 is 0 Å². The van der Waals surface area contributed by atoms with Crippen LogP contribution in [0.15, 0.2) is 86.0 Å². The number of amidine groups is 1. The Morgan fingerprint density at radius 1 is 0.909 bits per heavy atom. The molecule has 170 valence electrons. The summed E-state index contributed by atoms with van der Waals surface area (Å²) < 4.78 is 11.7. The van der Waals surface area contributed by atoms with E-state index < -0.39 is 0 Å². The molecule has 5 nitrogen and oxygen atoms in total. The normalized spacial score (nSPS) is 10.4. The number of nitrogens with one attached hydrogen (secondary N) is 1. The number of ether oxygens (including phenoxy) is 2. The molecule has 0 fully saturated rings. The highest BCUT2D eigenvalue weighted by Gasteiger charge is 2.10. The third-order valence-corrected chi connectivity index (χ3v) is 5.16. The van der Waals surface area contributed by atoms with Crippen LogP contribution in [0.2, 0.25) is 0 Å². The van der Waals surface area contributed by atoms with Crippen LogP contribution in [0.3, 0.4) is 0 Å². The van der Waals surface area contributed by atoms with E-state index in [9.17, 15) is 5.11 Å². The number of aromatic hydroxyl groups is 1. The summed E-state index contributed by atoms with van der Waals surface area (Å²) in [5, 5.41) is 17.8. The van der Waals surface area contributed by atoms with Gasteiger partial charge in [0.2, 0.25) is 0 Å². The van der Waals surface area contributed by atoms with E-state index in [-0.39, 0.29) is 11.6 Å². The smallest absolute Gasteiger partial charge is 0.123 e. The predicted molar refractivity (Wildman–Crippen MR) is 134 cm³/mol. The number of phenols is 1. The molecule has 0 aliphatic rings. The van der Waals surface area contributed by atoms with E-state index in [2.05, 4.69) is 13.2 Å². The predicted octanol–water partition coefficient (Wildman–Crippen LogP) is 5.65. The fourth-order valence-electron chi connectivity index (χ4n) is 3.47. The Balaban J connectivity index is 1.61. The second kappa shape index (κ2) is 11.6. The molecule has 5 heteroatoms. The Morgan fingerprint density at radius 3 is 2.33 bits per heavy atom. The van der Waals surface area contributed by atoms with Crippen molar-refractivity contribution in [3.8, 4) is 28.4 Å². The Kier molecular flexibility index (Phi) is 8.30. The monoisotopic (exact) mass is 442 g/mol. The van der Waals surface area contributed by atoms with Gasteiger partial charge in [-0.15, -0.1) is 13.2 Å². The summed E-state index contributed by atoms with van der Waals surface area (Å²) in [6, 6.07) is 18.7. The van der Waals surface area contributed by atoms with E-state index in [0.717, 1.165) is 40.2 Å². The van der Waals surface area contributed by atoms with E-state index >= 15 is 0 Å². The molecule has 3 aromatic rings. The molecular formula is C28H30N2O3. The van der Waals surface area contributed by atoms with Crippen molar-refractivity contribution in [2.45, 2.75) is 19.3 Å². The number of rotatable bonds is 12. The molecule has 3 rings (SSSR count). The molecule has 0 aromatic heterocycles. The number of phenolic OH excluding ortho intramolecular Hbond substituents is 1. The zero-order chi connectivity index (χ0) is 23.6. The maximum absolute atomic E-state index is 10.4. The molecule has 0 unspecified atom stereocenters. The van der Waals surface area contributed by atoms with Gasteiger partial charge in [0.25, 0.3) is 0 Å². The van der Waals surface area contributed by atoms with E-state index in [1.54, 1.807) is 30.3 Å². The summed E-state index contributed by atoms with van der Waals surface area (Å²) in [5.74, 6) is 1.81. The maximum atomic E-state index is 10.4. The van der Waals surface area contributed by atoms with Crippen LogP contribution in [0.1, 0.15) is 23.1 Å². The van der Waals surface area contributed by atoms with Crippen LogP contribution in [-0.2, 0) is 12.8 Å². The van der Waals surface area contributed by atoms with E-state index in [1.807, 2.05) is 42.5 Å². The summed E-state index contributed by atoms with van der Waals surface area (Å²) in [5.41, 5.74) is 9.96. The molecular weight excluding hydrogens is 412 g/mol. The molecule has 4 N–H and O–H groups in total. The maximum Gasteiger partial charge on any atom is 0.123 e. The van der Waals surface area contributed by atoms with Gasteiger partial charge in [0.1, 0.15) is 23.1 Å². The largest absolute Gasteiger partial charge is 0.507 e. The van der Waals surface area contributed by atoms with Crippen molar-refractivity contribution < 1.29 is 14.6 Å². The van der Waals surface area contributed by atoms with E-state index in [4.69, 9.17) is 20.6 Å². The highest BCUT2D eigenvalue weighted by atomic mass is 16.5. The fraction of sp³-hybridized carbons (Fsp3) is 0.179. The number of hydrogen-bond acceptors (Lipinski definition) is 4. The molecule has 0 saturated heterocycles. The molecule has 0 spiro atoms. The first kappa shape index (κ1) is 23.7. The van der Waals surface area contributed by atoms with Gasteiger partial charge in [-0.1, -0.05) is 24.3 Å². The lowest BCUT2D eigenvalue weighted by Crippen LogP contribution is -2.10. The number of nitrogens with two attached hydrogens (primary N) is 1. The minimum absolute atomic E-state index is 0.0379. The number of benzene rings is 3. The third-order valence-electron chi connectivity index (χ3n) is 5.16. The highest BCUT2D eigenvalue weighted by Crippen LogP contribution is 2.33. The average Bonchev–Trinajstić information content (AvgIpc) is 2.81. The van der Waals surface area contributed by atoms with Gasteiger partial charge in [0.05, 0.1) is 13.2 Å². The summed E-state index contributed by atoms with van der Waals surface area (Å²) in [6.45, 7) is 8.67. The first-order valence-electron chi connectivity index (χ1n) is 10.9. The summed E-state index contributed by atoms with van der Waals surface area (Å²) in [7, 11) is 0. The van der Waals surface area contributed by atoms with Crippen LogP contribution in [-0.4, -0.2) is 24.2 Å². The summed E-state index contributed by atoms with van der Waals surface area (Å²) >= 11 is 0. The summed E-state index contributed by atoms with van der Waals surface area (Å²) in [6.07, 6.45) is 5.81. The van der Waals surface area contributed by atoms with Crippen molar-refractivity contribution in [2.24, 2.45) is 5.73 Å². The van der Waals surface area contributed by atoms with Gasteiger partial charge in [-0.25, -0.2) is 0 Å². The van der Waals surface area contributed by atoms with Crippen molar-refractivity contribution in [3.63, 3.8) is 0 Å². The summed E-state index contributed by atoms with van der Waals surface area (Å²) in [4.78, 5) is 0. The molecule has 33 heavy (non-hydrogen) atoms. The van der Waals surface area contributed by atoms with Crippen molar-refractivity contribution >= 4 is 5.84 Å². The van der Waals surface area contributed by atoms with Gasteiger partial charge in [-0.05, 0) is 78.1 Å². The van der Waals surface area contributed by atoms with Gasteiger partial charge in [-0.2, -0.15) is 0 Å². The quantitative estimate of drug-likeness (QED) is 0.146. The first-order valence-corrected chi connectivity index (χ1v) is 10.9. The van der Waals surface area contributed by atoms with Crippen LogP contribution in [0.5, 0.6) is 17.2 Å². The van der Waals surface area contributed by atoms with Crippen molar-refractivity contribution in [1.82, 2.24) is 0 Å². The standard InChI is InChI=1S/C28H30N2O3/c1-3-6-20-8-14-26(31)25(18-20)22-11-15-27(23(19-22)7-4-2)33-17-5-16-32-24-12-9-21(10-13-24)28(29)30/h3-4,8-15,18-19,31H,1-2,5-7,16-17H2,(H3,29,30). The molecule has 0 amide bonds. The molecule has 0 aliphatic carbocycles. The zero-order valence-corrected chi connectivity index (χ0v) is 18.7. The van der Waals surface area contributed by atoms with Crippen LogP contribution in [0, 0.1) is 5.41 Å². The van der Waals surface area contributed by atoms with Crippen molar-refractivity contribution in [3.05, 3.63) is 103 Å². The van der Waals surface area contributed by atoms with Gasteiger partial charge in [-0.3, -0.25) is 5.41 Å². The number of allylic oxidation sites excluding steroid dienone is 2. The second-order valence-corrected chi connectivity index (χ2v) is 7.65. The lowest BCUT2D eigenvalue weighted by molar-refractivity contribution is 0.246. The molecule has 0 saturated carbocycles. The van der Waals surface area contributed by atoms with Gasteiger partial charge in [0, 0.05) is 17.5 Å². The second-order valence-electron chi connectivity index (χ2n) is 7.65. The molecule has 0 heterocycles. The first-order chi connectivity index (χ1) is 16.0. The van der Waals surface area contributed by atoms with Gasteiger partial charge in [0.15, 0.2) is 0 Å².